The second-order valence-electron chi connectivity index (χ2n) is 4.40. The molecule has 0 aliphatic carbocycles. The molecule has 0 aliphatic rings. The average Bonchev–Trinajstić information content (AvgIpc) is 2.77. The van der Waals surface area contributed by atoms with Gasteiger partial charge in [0.25, 0.3) is 0 Å². The van der Waals surface area contributed by atoms with Crippen molar-refractivity contribution in [1.82, 2.24) is 9.29 Å². The van der Waals surface area contributed by atoms with E-state index in [9.17, 15) is 8.42 Å². The number of rotatable bonds is 5. The van der Waals surface area contributed by atoms with E-state index in [1.165, 1.54) is 15.6 Å². The summed E-state index contributed by atoms with van der Waals surface area (Å²) in [6.07, 6.45) is 4.09. The van der Waals surface area contributed by atoms with Crippen LogP contribution in [0, 0.1) is 6.92 Å². The van der Waals surface area contributed by atoms with Crippen LogP contribution in [0.15, 0.2) is 39.3 Å². The molecule has 2 rings (SSSR count). The van der Waals surface area contributed by atoms with Gasteiger partial charge in [-0.05, 0) is 53.0 Å². The van der Waals surface area contributed by atoms with Crippen LogP contribution in [0.25, 0.3) is 0 Å². The van der Waals surface area contributed by atoms with Gasteiger partial charge in [0.1, 0.15) is 0 Å². The number of aromatic nitrogens is 1. The fourth-order valence-electron chi connectivity index (χ4n) is 1.81. The number of likely N-dealkylation sites (N-methyl/N-ethyl adjacent to an activating group) is 1. The van der Waals surface area contributed by atoms with Crippen molar-refractivity contribution >= 4 is 37.3 Å². The molecule has 20 heavy (non-hydrogen) atoms. The van der Waals surface area contributed by atoms with E-state index in [4.69, 9.17) is 0 Å². The molecular weight excluding hydrogens is 360 g/mol. The third-order valence-corrected chi connectivity index (χ3v) is 6.66. The Balaban J connectivity index is 2.12. The molecule has 0 amide bonds. The summed E-state index contributed by atoms with van der Waals surface area (Å²) in [7, 11) is -1.81. The Bertz CT molecular complexity index is 684. The Kier molecular flexibility index (Phi) is 4.95. The predicted octanol–water partition coefficient (Wildman–Crippen LogP) is 3.08. The van der Waals surface area contributed by atoms with Crippen LogP contribution < -0.4 is 0 Å². The fourth-order valence-corrected chi connectivity index (χ4v) is 5.36. The number of nitrogens with zero attached hydrogens (tertiary/aromatic N) is 2. The van der Waals surface area contributed by atoms with Crippen molar-refractivity contribution in [3.05, 3.63) is 44.8 Å². The molecule has 0 fully saturated rings. The van der Waals surface area contributed by atoms with Crippen LogP contribution in [0.2, 0.25) is 0 Å². The monoisotopic (exact) mass is 374 g/mol. The largest absolute Gasteiger partial charge is 0.265 e. The second kappa shape index (κ2) is 6.34. The quantitative estimate of drug-likeness (QED) is 0.807. The van der Waals surface area contributed by atoms with Crippen molar-refractivity contribution < 1.29 is 8.42 Å². The minimum Gasteiger partial charge on any atom is -0.265 e. The highest BCUT2D eigenvalue weighted by atomic mass is 79.9. The first-order chi connectivity index (χ1) is 9.41. The molecule has 2 heterocycles. The molecule has 0 aromatic carbocycles. The van der Waals surface area contributed by atoms with Gasteiger partial charge in [0.05, 0.1) is 8.68 Å². The van der Waals surface area contributed by atoms with Crippen molar-refractivity contribution in [2.45, 2.75) is 18.2 Å². The standard InChI is InChI=1S/C13H15BrN2O2S2/c1-10-12(9-13(14)19-10)20(17,18)16(2)8-5-11-3-6-15-7-4-11/h3-4,6-7,9H,5,8H2,1-2H3. The van der Waals surface area contributed by atoms with Crippen LogP contribution in [-0.2, 0) is 16.4 Å². The zero-order chi connectivity index (χ0) is 14.8. The molecule has 0 radical (unpaired) electrons. The molecule has 4 nitrogen and oxygen atoms in total. The van der Waals surface area contributed by atoms with E-state index in [1.807, 2.05) is 19.1 Å². The fraction of sp³-hybridized carbons (Fsp3) is 0.308. The Hall–Kier alpha value is -0.760. The summed E-state index contributed by atoms with van der Waals surface area (Å²) in [5.74, 6) is 0. The molecule has 0 N–H and O–H groups in total. The van der Waals surface area contributed by atoms with Gasteiger partial charge >= 0.3 is 0 Å². The van der Waals surface area contributed by atoms with Crippen LogP contribution in [0.4, 0.5) is 0 Å². The van der Waals surface area contributed by atoms with Gasteiger partial charge in [-0.1, -0.05) is 0 Å². The van der Waals surface area contributed by atoms with Crippen LogP contribution in [0.5, 0.6) is 0 Å². The van der Waals surface area contributed by atoms with E-state index in [0.29, 0.717) is 17.9 Å². The van der Waals surface area contributed by atoms with E-state index in [0.717, 1.165) is 14.2 Å². The zero-order valence-electron chi connectivity index (χ0n) is 11.2. The number of pyridine rings is 1. The number of hydrogen-bond acceptors (Lipinski definition) is 4. The van der Waals surface area contributed by atoms with Gasteiger partial charge in [-0.25, -0.2) is 12.7 Å². The summed E-state index contributed by atoms with van der Waals surface area (Å²) in [4.78, 5) is 5.13. The molecular formula is C13H15BrN2O2S2. The first-order valence-corrected chi connectivity index (χ1v) is 9.07. The van der Waals surface area contributed by atoms with Gasteiger partial charge in [0, 0.05) is 30.9 Å². The summed E-state index contributed by atoms with van der Waals surface area (Å²) in [5, 5.41) is 0. The summed E-state index contributed by atoms with van der Waals surface area (Å²) < 4.78 is 27.2. The van der Waals surface area contributed by atoms with Crippen LogP contribution in [-0.4, -0.2) is 31.3 Å². The highest BCUT2D eigenvalue weighted by Crippen LogP contribution is 2.31. The summed E-state index contributed by atoms with van der Waals surface area (Å²) >= 11 is 4.76. The number of sulfonamides is 1. The first kappa shape index (κ1) is 15.6. The lowest BCUT2D eigenvalue weighted by Crippen LogP contribution is -2.29. The maximum absolute atomic E-state index is 12.5. The van der Waals surface area contributed by atoms with Crippen molar-refractivity contribution in [3.63, 3.8) is 0 Å². The SMILES string of the molecule is Cc1sc(Br)cc1S(=O)(=O)N(C)CCc1ccncc1. The minimum absolute atomic E-state index is 0.381. The van der Waals surface area contributed by atoms with Gasteiger partial charge in [0.2, 0.25) is 10.0 Å². The Labute approximate surface area is 131 Å². The van der Waals surface area contributed by atoms with Gasteiger partial charge in [0.15, 0.2) is 0 Å². The molecule has 0 saturated carbocycles. The summed E-state index contributed by atoms with van der Waals surface area (Å²) in [5.41, 5.74) is 1.07. The minimum atomic E-state index is -3.42. The molecule has 108 valence electrons. The highest BCUT2D eigenvalue weighted by molar-refractivity contribution is 9.11. The highest BCUT2D eigenvalue weighted by Gasteiger charge is 2.24. The average molecular weight is 375 g/mol. The lowest BCUT2D eigenvalue weighted by molar-refractivity contribution is 0.472. The van der Waals surface area contributed by atoms with Gasteiger partial charge in [-0.3, -0.25) is 4.98 Å². The van der Waals surface area contributed by atoms with E-state index in [-0.39, 0.29) is 0 Å². The normalized spacial score (nSPS) is 12.0. The smallest absolute Gasteiger partial charge is 0.243 e. The van der Waals surface area contributed by atoms with Crippen molar-refractivity contribution in [1.29, 1.82) is 0 Å². The Morgan fingerprint density at radius 1 is 1.35 bits per heavy atom. The van der Waals surface area contributed by atoms with Gasteiger partial charge in [-0.2, -0.15) is 0 Å². The summed E-state index contributed by atoms with van der Waals surface area (Å²) in [6, 6.07) is 5.46. The number of thiophene rings is 1. The topological polar surface area (TPSA) is 50.3 Å². The Morgan fingerprint density at radius 2 is 2.00 bits per heavy atom. The molecule has 0 aliphatic heterocycles. The number of halogens is 1. The van der Waals surface area contributed by atoms with Crippen molar-refractivity contribution in [3.8, 4) is 0 Å². The third-order valence-electron chi connectivity index (χ3n) is 3.00. The second-order valence-corrected chi connectivity index (χ2v) is 9.05. The van der Waals surface area contributed by atoms with Crippen molar-refractivity contribution in [2.24, 2.45) is 0 Å². The number of hydrogen-bond donors (Lipinski definition) is 0. The summed E-state index contributed by atoms with van der Waals surface area (Å²) in [6.45, 7) is 2.26. The van der Waals surface area contributed by atoms with E-state index < -0.39 is 10.0 Å². The van der Waals surface area contributed by atoms with E-state index in [1.54, 1.807) is 25.5 Å². The molecule has 0 bridgehead atoms. The maximum atomic E-state index is 12.5. The van der Waals surface area contributed by atoms with Gasteiger partial charge in [-0.15, -0.1) is 11.3 Å². The van der Waals surface area contributed by atoms with Crippen LogP contribution in [0.3, 0.4) is 0 Å². The zero-order valence-corrected chi connectivity index (χ0v) is 14.4. The molecule has 2 aromatic heterocycles. The predicted molar refractivity (Wildman–Crippen MR) is 84.5 cm³/mol. The molecule has 0 spiro atoms. The first-order valence-electron chi connectivity index (χ1n) is 6.02. The molecule has 0 unspecified atom stereocenters. The lowest BCUT2D eigenvalue weighted by atomic mass is 10.2. The molecule has 0 saturated heterocycles. The van der Waals surface area contributed by atoms with E-state index >= 15 is 0 Å². The molecule has 7 heteroatoms. The number of aryl methyl sites for hydroxylation is 1. The van der Waals surface area contributed by atoms with E-state index in [2.05, 4.69) is 20.9 Å². The lowest BCUT2D eigenvalue weighted by Gasteiger charge is -2.16. The van der Waals surface area contributed by atoms with Crippen molar-refractivity contribution in [2.75, 3.05) is 13.6 Å². The third kappa shape index (κ3) is 3.46. The Morgan fingerprint density at radius 3 is 2.55 bits per heavy atom. The van der Waals surface area contributed by atoms with Crippen LogP contribution >= 0.6 is 27.3 Å². The van der Waals surface area contributed by atoms with Gasteiger partial charge < -0.3 is 0 Å². The maximum Gasteiger partial charge on any atom is 0.243 e. The van der Waals surface area contributed by atoms with Crippen LogP contribution in [0.1, 0.15) is 10.4 Å². The molecule has 0 atom stereocenters. The molecule has 2 aromatic rings.